The Hall–Kier alpha value is -1.94. The zero-order chi connectivity index (χ0) is 13.9. The van der Waals surface area contributed by atoms with Gasteiger partial charge in [0.2, 0.25) is 0 Å². The monoisotopic (exact) mass is 275 g/mol. The fourth-order valence-electron chi connectivity index (χ4n) is 1.97. The average Bonchev–Trinajstić information content (AvgIpc) is 3.23. The Morgan fingerprint density at radius 2 is 1.70 bits per heavy atom. The summed E-state index contributed by atoms with van der Waals surface area (Å²) in [6, 6.07) is 10.8. The number of hydrogen-bond acceptors (Lipinski definition) is 2. The summed E-state index contributed by atoms with van der Waals surface area (Å²) in [7, 11) is 0. The van der Waals surface area contributed by atoms with E-state index in [1.165, 1.54) is 49.2 Å². The van der Waals surface area contributed by atoms with Gasteiger partial charge in [0.1, 0.15) is 23.1 Å². The van der Waals surface area contributed by atoms with Crippen LogP contribution in [0.25, 0.3) is 0 Å². The first kappa shape index (κ1) is 13.1. The molecule has 2 aromatic rings. The van der Waals surface area contributed by atoms with Gasteiger partial charge in [-0.1, -0.05) is 0 Å². The van der Waals surface area contributed by atoms with Crippen molar-refractivity contribution in [1.29, 1.82) is 0 Å². The van der Waals surface area contributed by atoms with E-state index >= 15 is 0 Å². The molecule has 2 nitrogen and oxygen atoms in total. The summed E-state index contributed by atoms with van der Waals surface area (Å²) >= 11 is 0. The molecule has 3 rings (SSSR count). The molecular weight excluding hydrogens is 260 g/mol. The molecule has 104 valence electrons. The van der Waals surface area contributed by atoms with Gasteiger partial charge in [-0.15, -0.1) is 0 Å². The molecular formula is C16H15F2NO. The topological polar surface area (TPSA) is 21.3 Å². The third kappa shape index (κ3) is 3.54. The van der Waals surface area contributed by atoms with Crippen molar-refractivity contribution in [3.05, 3.63) is 59.7 Å². The summed E-state index contributed by atoms with van der Waals surface area (Å²) in [6.45, 7) is 0.627. The fraction of sp³-hybridized carbons (Fsp3) is 0.250. The van der Waals surface area contributed by atoms with Crippen LogP contribution in [0.1, 0.15) is 18.4 Å². The van der Waals surface area contributed by atoms with Crippen LogP contribution >= 0.6 is 0 Å². The molecule has 0 radical (unpaired) electrons. The zero-order valence-corrected chi connectivity index (χ0v) is 10.9. The molecule has 20 heavy (non-hydrogen) atoms. The first-order valence-electron chi connectivity index (χ1n) is 6.65. The lowest BCUT2D eigenvalue weighted by Gasteiger charge is -2.09. The van der Waals surface area contributed by atoms with Crippen molar-refractivity contribution >= 4 is 0 Å². The van der Waals surface area contributed by atoms with Gasteiger partial charge in [-0.25, -0.2) is 8.78 Å². The molecule has 1 aliphatic carbocycles. The molecule has 0 aromatic heterocycles. The molecule has 0 atom stereocenters. The second-order valence-electron chi connectivity index (χ2n) is 5.01. The van der Waals surface area contributed by atoms with Crippen LogP contribution in [0.15, 0.2) is 42.5 Å². The minimum absolute atomic E-state index is 0.328. The van der Waals surface area contributed by atoms with Gasteiger partial charge in [-0.05, 0) is 54.8 Å². The van der Waals surface area contributed by atoms with Crippen LogP contribution in [-0.2, 0) is 6.54 Å². The zero-order valence-electron chi connectivity index (χ0n) is 10.9. The Labute approximate surface area is 116 Å². The van der Waals surface area contributed by atoms with Gasteiger partial charge in [0.15, 0.2) is 0 Å². The van der Waals surface area contributed by atoms with E-state index < -0.39 is 0 Å². The lowest BCUT2D eigenvalue weighted by atomic mass is 10.2. The predicted octanol–water partition coefficient (Wildman–Crippen LogP) is 4.01. The molecule has 1 aliphatic rings. The Bertz CT molecular complexity index is 594. The summed E-state index contributed by atoms with van der Waals surface area (Å²) in [5.74, 6) is 0.241. The second-order valence-corrected chi connectivity index (χ2v) is 5.01. The standard InChI is InChI=1S/C16H15F2NO/c17-12-1-5-15(6-2-12)20-16-8-11(7-13(18)9-16)10-19-14-3-4-14/h1-2,5-9,14,19H,3-4,10H2. The van der Waals surface area contributed by atoms with E-state index in [1.54, 1.807) is 6.07 Å². The van der Waals surface area contributed by atoms with Gasteiger partial charge in [-0.2, -0.15) is 0 Å². The molecule has 4 heteroatoms. The van der Waals surface area contributed by atoms with Gasteiger partial charge in [-0.3, -0.25) is 0 Å². The van der Waals surface area contributed by atoms with Gasteiger partial charge in [0.25, 0.3) is 0 Å². The summed E-state index contributed by atoms with van der Waals surface area (Å²) in [6.07, 6.45) is 2.38. The molecule has 0 aliphatic heterocycles. The van der Waals surface area contributed by atoms with Crippen LogP contribution in [0.2, 0.25) is 0 Å². The van der Waals surface area contributed by atoms with E-state index in [-0.39, 0.29) is 11.6 Å². The molecule has 1 fully saturated rings. The van der Waals surface area contributed by atoms with Crippen LogP contribution in [-0.4, -0.2) is 6.04 Å². The number of hydrogen-bond donors (Lipinski definition) is 1. The fourth-order valence-corrected chi connectivity index (χ4v) is 1.97. The third-order valence-electron chi connectivity index (χ3n) is 3.15. The smallest absolute Gasteiger partial charge is 0.130 e. The van der Waals surface area contributed by atoms with E-state index in [1.807, 2.05) is 0 Å². The molecule has 0 saturated heterocycles. The molecule has 0 amide bonds. The van der Waals surface area contributed by atoms with E-state index in [0.29, 0.717) is 24.1 Å². The minimum Gasteiger partial charge on any atom is -0.457 e. The number of halogens is 2. The van der Waals surface area contributed by atoms with Crippen LogP contribution < -0.4 is 10.1 Å². The Morgan fingerprint density at radius 3 is 2.40 bits per heavy atom. The highest BCUT2D eigenvalue weighted by Crippen LogP contribution is 2.25. The third-order valence-corrected chi connectivity index (χ3v) is 3.15. The summed E-state index contributed by atoms with van der Waals surface area (Å²) in [4.78, 5) is 0. The van der Waals surface area contributed by atoms with Gasteiger partial charge < -0.3 is 10.1 Å². The highest BCUT2D eigenvalue weighted by atomic mass is 19.1. The molecule has 1 saturated carbocycles. The quantitative estimate of drug-likeness (QED) is 0.890. The van der Waals surface area contributed by atoms with Gasteiger partial charge in [0.05, 0.1) is 0 Å². The molecule has 0 spiro atoms. The SMILES string of the molecule is Fc1ccc(Oc2cc(F)cc(CNC3CC3)c2)cc1. The van der Waals surface area contributed by atoms with E-state index in [9.17, 15) is 8.78 Å². The van der Waals surface area contributed by atoms with Crippen molar-refractivity contribution in [2.75, 3.05) is 0 Å². The molecule has 1 N–H and O–H groups in total. The van der Waals surface area contributed by atoms with Crippen LogP contribution in [0, 0.1) is 11.6 Å². The number of rotatable bonds is 5. The predicted molar refractivity (Wildman–Crippen MR) is 72.7 cm³/mol. The number of benzene rings is 2. The Morgan fingerprint density at radius 1 is 0.950 bits per heavy atom. The lowest BCUT2D eigenvalue weighted by molar-refractivity contribution is 0.473. The maximum Gasteiger partial charge on any atom is 0.130 e. The van der Waals surface area contributed by atoms with E-state index in [4.69, 9.17) is 4.74 Å². The van der Waals surface area contributed by atoms with E-state index in [0.717, 1.165) is 5.56 Å². The largest absolute Gasteiger partial charge is 0.457 e. The minimum atomic E-state index is -0.336. The molecule has 0 bridgehead atoms. The van der Waals surface area contributed by atoms with Crippen LogP contribution in [0.4, 0.5) is 8.78 Å². The number of nitrogens with one attached hydrogen (secondary N) is 1. The van der Waals surface area contributed by atoms with Crippen molar-refractivity contribution in [3.8, 4) is 11.5 Å². The average molecular weight is 275 g/mol. The highest BCUT2D eigenvalue weighted by molar-refractivity contribution is 5.34. The van der Waals surface area contributed by atoms with Crippen LogP contribution in [0.3, 0.4) is 0 Å². The summed E-state index contributed by atoms with van der Waals surface area (Å²) in [5.41, 5.74) is 0.842. The Kier molecular flexibility index (Phi) is 3.65. The maximum absolute atomic E-state index is 13.6. The normalized spacial score (nSPS) is 14.3. The van der Waals surface area contributed by atoms with Crippen molar-refractivity contribution in [2.24, 2.45) is 0 Å². The van der Waals surface area contributed by atoms with Gasteiger partial charge >= 0.3 is 0 Å². The van der Waals surface area contributed by atoms with Crippen molar-refractivity contribution in [2.45, 2.75) is 25.4 Å². The summed E-state index contributed by atoms with van der Waals surface area (Å²) < 4.78 is 31.9. The lowest BCUT2D eigenvalue weighted by Crippen LogP contribution is -2.15. The molecule has 2 aromatic carbocycles. The maximum atomic E-state index is 13.6. The van der Waals surface area contributed by atoms with Crippen molar-refractivity contribution in [1.82, 2.24) is 5.32 Å². The first-order valence-corrected chi connectivity index (χ1v) is 6.65. The van der Waals surface area contributed by atoms with Crippen molar-refractivity contribution in [3.63, 3.8) is 0 Å². The van der Waals surface area contributed by atoms with Gasteiger partial charge in [0, 0.05) is 18.7 Å². The molecule has 0 heterocycles. The number of ether oxygens (including phenoxy) is 1. The van der Waals surface area contributed by atoms with Crippen molar-refractivity contribution < 1.29 is 13.5 Å². The Balaban J connectivity index is 1.72. The second kappa shape index (κ2) is 5.59. The first-order chi connectivity index (χ1) is 9.69. The van der Waals surface area contributed by atoms with Crippen LogP contribution in [0.5, 0.6) is 11.5 Å². The molecule has 0 unspecified atom stereocenters. The summed E-state index contributed by atoms with van der Waals surface area (Å²) in [5, 5.41) is 3.33. The van der Waals surface area contributed by atoms with E-state index in [2.05, 4.69) is 5.32 Å². The highest BCUT2D eigenvalue weighted by Gasteiger charge is 2.20.